The summed E-state index contributed by atoms with van der Waals surface area (Å²) < 4.78 is 72.8. The first-order chi connectivity index (χ1) is 17.6. The molecule has 0 spiro atoms. The molecule has 0 fully saturated rings. The monoisotopic (exact) mass is 512 g/mol. The zero-order valence-electron chi connectivity index (χ0n) is 19.1. The van der Waals surface area contributed by atoms with E-state index in [2.05, 4.69) is 20.1 Å². The summed E-state index contributed by atoms with van der Waals surface area (Å²) in [5.41, 5.74) is -0.822. The van der Waals surface area contributed by atoms with Crippen molar-refractivity contribution < 1.29 is 31.5 Å². The fourth-order valence-corrected chi connectivity index (χ4v) is 4.03. The van der Waals surface area contributed by atoms with Crippen LogP contribution in [0.1, 0.15) is 21.6 Å². The van der Waals surface area contributed by atoms with Gasteiger partial charge in [0.15, 0.2) is 11.3 Å². The molecule has 0 aliphatic heterocycles. The molecule has 37 heavy (non-hydrogen) atoms. The van der Waals surface area contributed by atoms with Gasteiger partial charge in [-0.05, 0) is 41.5 Å². The van der Waals surface area contributed by atoms with Crippen molar-refractivity contribution in [3.63, 3.8) is 0 Å². The van der Waals surface area contributed by atoms with E-state index in [9.17, 15) is 26.7 Å². The summed E-state index contributed by atoms with van der Waals surface area (Å²) in [6, 6.07) is 17.4. The summed E-state index contributed by atoms with van der Waals surface area (Å²) in [5.74, 6) is -1.19. The lowest BCUT2D eigenvalue weighted by atomic mass is 10.0. The summed E-state index contributed by atoms with van der Waals surface area (Å²) in [6.45, 7) is -1.50. The highest BCUT2D eigenvalue weighted by Gasteiger charge is 2.36. The highest BCUT2D eigenvalue weighted by Crippen LogP contribution is 2.35. The summed E-state index contributed by atoms with van der Waals surface area (Å²) in [5, 5.41) is 7.64. The van der Waals surface area contributed by atoms with Crippen molar-refractivity contribution in [2.24, 2.45) is 0 Å². The van der Waals surface area contributed by atoms with E-state index in [0.717, 1.165) is 17.6 Å². The molecule has 0 aliphatic rings. The van der Waals surface area contributed by atoms with Gasteiger partial charge in [0, 0.05) is 5.56 Å². The third-order valence-corrected chi connectivity index (χ3v) is 5.67. The van der Waals surface area contributed by atoms with Crippen molar-refractivity contribution in [2.75, 3.05) is 5.32 Å². The number of nitrogens with zero attached hydrogens (tertiary/aromatic N) is 3. The summed E-state index contributed by atoms with van der Waals surface area (Å²) >= 11 is 0. The number of ether oxygens (including phenoxy) is 1. The van der Waals surface area contributed by atoms with Crippen molar-refractivity contribution in [3.05, 3.63) is 89.7 Å². The zero-order valence-corrected chi connectivity index (χ0v) is 19.1. The van der Waals surface area contributed by atoms with Gasteiger partial charge in [0.2, 0.25) is 0 Å². The molecule has 6 nitrogen and oxygen atoms in total. The van der Waals surface area contributed by atoms with Gasteiger partial charge >= 0.3 is 12.8 Å². The van der Waals surface area contributed by atoms with Crippen molar-refractivity contribution in [3.8, 4) is 17.0 Å². The molecule has 3 aromatic carbocycles. The Kier molecular flexibility index (Phi) is 5.98. The van der Waals surface area contributed by atoms with E-state index in [0.29, 0.717) is 21.0 Å². The maximum absolute atomic E-state index is 14.0. The molecule has 5 aromatic rings. The quantitative estimate of drug-likeness (QED) is 0.265. The largest absolute Gasteiger partial charge is 0.433 e. The van der Waals surface area contributed by atoms with Crippen LogP contribution >= 0.6 is 0 Å². The second-order valence-electron chi connectivity index (χ2n) is 8.18. The first kappa shape index (κ1) is 24.2. The minimum atomic E-state index is -4.81. The van der Waals surface area contributed by atoms with Gasteiger partial charge < -0.3 is 10.1 Å². The van der Waals surface area contributed by atoms with Crippen LogP contribution in [0.15, 0.2) is 72.9 Å². The Hall–Kier alpha value is -4.54. The number of carbonyl (C=O) groups is 1. The Labute approximate surface area is 206 Å². The number of benzene rings is 3. The van der Waals surface area contributed by atoms with E-state index < -0.39 is 24.4 Å². The standard InChI is InChI=1S/C26H17F5N4O2/c1-14-9-10-19(21(11-14)37-25(27)28)34-24(36)18-13-32-35-22(26(29,30)31)12-20(33-23(18)35)17-8-4-6-15-5-2-3-7-16(15)17/h2-13,25H,1H3,(H,34,36). The Bertz CT molecular complexity index is 1640. The fraction of sp³-hybridized carbons (Fsp3) is 0.115. The SMILES string of the molecule is Cc1ccc(NC(=O)c2cnn3c(C(F)(F)F)cc(-c4cccc5ccccc45)nc23)c(OC(F)F)c1. The third kappa shape index (κ3) is 4.67. The Morgan fingerprint density at radius 3 is 2.54 bits per heavy atom. The van der Waals surface area contributed by atoms with Crippen LogP contribution in [0.5, 0.6) is 5.75 Å². The molecule has 2 heterocycles. The fourth-order valence-electron chi connectivity index (χ4n) is 4.03. The maximum Gasteiger partial charge on any atom is 0.433 e. The smallest absolute Gasteiger partial charge is 0.433 e. The van der Waals surface area contributed by atoms with Gasteiger partial charge in [-0.25, -0.2) is 9.50 Å². The predicted octanol–water partition coefficient (Wildman–Crippen LogP) is 6.73. The van der Waals surface area contributed by atoms with Gasteiger partial charge in [0.05, 0.1) is 17.6 Å². The predicted molar refractivity (Wildman–Crippen MR) is 127 cm³/mol. The summed E-state index contributed by atoms with van der Waals surface area (Å²) in [6.07, 6.45) is -3.86. The second-order valence-corrected chi connectivity index (χ2v) is 8.18. The van der Waals surface area contributed by atoms with Crippen molar-refractivity contribution in [1.29, 1.82) is 0 Å². The number of alkyl halides is 5. The van der Waals surface area contributed by atoms with E-state index in [1.807, 2.05) is 12.1 Å². The molecule has 0 unspecified atom stereocenters. The van der Waals surface area contributed by atoms with Crippen LogP contribution in [-0.2, 0) is 6.18 Å². The molecule has 0 saturated heterocycles. The van der Waals surface area contributed by atoms with Gasteiger partial charge in [-0.15, -0.1) is 0 Å². The topological polar surface area (TPSA) is 68.5 Å². The number of halogens is 5. The maximum atomic E-state index is 14.0. The first-order valence-corrected chi connectivity index (χ1v) is 10.9. The van der Waals surface area contributed by atoms with Crippen LogP contribution in [0.3, 0.4) is 0 Å². The highest BCUT2D eigenvalue weighted by molar-refractivity contribution is 6.09. The first-order valence-electron chi connectivity index (χ1n) is 10.9. The van der Waals surface area contributed by atoms with E-state index in [1.165, 1.54) is 12.1 Å². The molecule has 0 saturated carbocycles. The minimum absolute atomic E-state index is 0.0109. The van der Waals surface area contributed by atoms with Crippen LogP contribution in [0.25, 0.3) is 27.7 Å². The summed E-state index contributed by atoms with van der Waals surface area (Å²) in [7, 11) is 0. The lowest BCUT2D eigenvalue weighted by Crippen LogP contribution is -2.16. The number of carbonyl (C=O) groups excluding carboxylic acids is 1. The molecule has 5 rings (SSSR count). The number of aryl methyl sites for hydroxylation is 1. The molecule has 0 radical (unpaired) electrons. The van der Waals surface area contributed by atoms with Gasteiger partial charge in [-0.3, -0.25) is 4.79 Å². The van der Waals surface area contributed by atoms with Crippen LogP contribution in [-0.4, -0.2) is 27.1 Å². The number of hydrogen-bond acceptors (Lipinski definition) is 4. The molecule has 1 N–H and O–H groups in total. The van der Waals surface area contributed by atoms with Crippen molar-refractivity contribution >= 4 is 28.0 Å². The van der Waals surface area contributed by atoms with Gasteiger partial charge in [-0.1, -0.05) is 48.5 Å². The molecule has 0 aliphatic carbocycles. The van der Waals surface area contributed by atoms with Gasteiger partial charge in [0.1, 0.15) is 11.3 Å². The number of anilines is 1. The third-order valence-electron chi connectivity index (χ3n) is 5.67. The Morgan fingerprint density at radius 2 is 1.78 bits per heavy atom. The molecule has 0 atom stereocenters. The molecule has 0 bridgehead atoms. The summed E-state index contributed by atoms with van der Waals surface area (Å²) in [4.78, 5) is 17.5. The lowest BCUT2D eigenvalue weighted by molar-refractivity contribution is -0.142. The van der Waals surface area contributed by atoms with Crippen LogP contribution in [0, 0.1) is 6.92 Å². The van der Waals surface area contributed by atoms with E-state index in [-0.39, 0.29) is 28.3 Å². The molecule has 188 valence electrons. The number of fused-ring (bicyclic) bond motifs is 2. The number of hydrogen-bond donors (Lipinski definition) is 1. The Morgan fingerprint density at radius 1 is 1.03 bits per heavy atom. The van der Waals surface area contributed by atoms with E-state index in [1.54, 1.807) is 43.3 Å². The van der Waals surface area contributed by atoms with Crippen LogP contribution in [0.2, 0.25) is 0 Å². The zero-order chi connectivity index (χ0) is 26.3. The van der Waals surface area contributed by atoms with Gasteiger partial charge in [-0.2, -0.15) is 27.1 Å². The van der Waals surface area contributed by atoms with Crippen molar-refractivity contribution in [1.82, 2.24) is 14.6 Å². The lowest BCUT2D eigenvalue weighted by Gasteiger charge is -2.14. The molecular formula is C26H17F5N4O2. The molecule has 2 aromatic heterocycles. The molecule has 1 amide bonds. The van der Waals surface area contributed by atoms with Crippen LogP contribution in [0.4, 0.5) is 27.6 Å². The number of amides is 1. The van der Waals surface area contributed by atoms with Crippen LogP contribution < -0.4 is 10.1 Å². The Balaban J connectivity index is 1.65. The highest BCUT2D eigenvalue weighted by atomic mass is 19.4. The number of aromatic nitrogens is 3. The average molecular weight is 512 g/mol. The average Bonchev–Trinajstić information content (AvgIpc) is 3.28. The van der Waals surface area contributed by atoms with Gasteiger partial charge in [0.25, 0.3) is 5.91 Å². The number of nitrogens with one attached hydrogen (secondary N) is 1. The number of rotatable bonds is 5. The second kappa shape index (κ2) is 9.16. The van der Waals surface area contributed by atoms with Crippen molar-refractivity contribution in [2.45, 2.75) is 19.7 Å². The minimum Gasteiger partial charge on any atom is -0.433 e. The molecule has 11 heteroatoms. The van der Waals surface area contributed by atoms with E-state index in [4.69, 9.17) is 0 Å². The molecular weight excluding hydrogens is 495 g/mol. The van der Waals surface area contributed by atoms with E-state index >= 15 is 0 Å². The normalized spacial score (nSPS) is 11.9.